The quantitative estimate of drug-likeness (QED) is 0.803. The summed E-state index contributed by atoms with van der Waals surface area (Å²) in [5.41, 5.74) is 4.21. The van der Waals surface area contributed by atoms with E-state index in [1.165, 1.54) is 11.1 Å². The van der Waals surface area contributed by atoms with Crippen molar-refractivity contribution in [3.8, 4) is 0 Å². The molecule has 3 heteroatoms. The van der Waals surface area contributed by atoms with Crippen molar-refractivity contribution in [3.05, 3.63) is 89.5 Å². The summed E-state index contributed by atoms with van der Waals surface area (Å²) in [6.45, 7) is 1.64. The Labute approximate surface area is 160 Å². The molecule has 0 bridgehead atoms. The van der Waals surface area contributed by atoms with Gasteiger partial charge >= 0.3 is 5.97 Å². The fraction of sp³-hybridized carbons (Fsp3) is 0.292. The maximum Gasteiger partial charge on any atom is 0.338 e. The minimum absolute atomic E-state index is 0.141. The molecular formula is C24H25NO2. The lowest BCUT2D eigenvalue weighted by molar-refractivity contribution is 0.0182. The Bertz CT molecular complexity index is 836. The molecule has 2 aliphatic rings. The molecule has 0 unspecified atom stereocenters. The van der Waals surface area contributed by atoms with Crippen molar-refractivity contribution in [2.24, 2.45) is 0 Å². The highest BCUT2D eigenvalue weighted by Gasteiger charge is 2.29. The maximum atomic E-state index is 12.7. The van der Waals surface area contributed by atoms with Crippen molar-refractivity contribution in [2.75, 3.05) is 13.1 Å². The summed E-state index contributed by atoms with van der Waals surface area (Å²) in [5.74, 6) is -0.00227. The van der Waals surface area contributed by atoms with Gasteiger partial charge in [0.05, 0.1) is 5.56 Å². The van der Waals surface area contributed by atoms with Gasteiger partial charge in [0, 0.05) is 12.5 Å². The molecule has 3 nitrogen and oxygen atoms in total. The van der Waals surface area contributed by atoms with Crippen molar-refractivity contribution >= 4 is 11.5 Å². The smallest absolute Gasteiger partial charge is 0.338 e. The van der Waals surface area contributed by atoms with Crippen LogP contribution in [0, 0.1) is 0 Å². The first-order valence-electron chi connectivity index (χ1n) is 9.75. The average Bonchev–Trinajstić information content (AvgIpc) is 2.75. The van der Waals surface area contributed by atoms with Crippen LogP contribution in [0.1, 0.15) is 46.7 Å². The van der Waals surface area contributed by atoms with Gasteiger partial charge in [-0.25, -0.2) is 4.79 Å². The van der Waals surface area contributed by atoms with Crippen molar-refractivity contribution in [1.82, 2.24) is 5.32 Å². The first-order valence-corrected chi connectivity index (χ1v) is 9.75. The first-order chi connectivity index (χ1) is 13.3. The molecule has 2 atom stereocenters. The fourth-order valence-corrected chi connectivity index (χ4v) is 3.87. The molecule has 0 aromatic heterocycles. The van der Waals surface area contributed by atoms with E-state index in [4.69, 9.17) is 4.74 Å². The summed E-state index contributed by atoms with van der Waals surface area (Å²) in [6.07, 6.45) is 9.59. The Morgan fingerprint density at radius 3 is 2.56 bits per heavy atom. The van der Waals surface area contributed by atoms with E-state index in [1.54, 1.807) is 0 Å². The highest BCUT2D eigenvalue weighted by Crippen LogP contribution is 2.28. The Balaban J connectivity index is 1.46. The molecule has 1 heterocycles. The predicted octanol–water partition coefficient (Wildman–Crippen LogP) is 4.72. The molecule has 1 fully saturated rings. The van der Waals surface area contributed by atoms with Crippen LogP contribution in [0.25, 0.3) is 5.57 Å². The topological polar surface area (TPSA) is 38.3 Å². The molecule has 2 aromatic rings. The number of rotatable bonds is 4. The molecule has 4 rings (SSSR count). The van der Waals surface area contributed by atoms with E-state index in [1.807, 2.05) is 42.5 Å². The summed E-state index contributed by atoms with van der Waals surface area (Å²) in [7, 11) is 0. The standard InChI is InChI=1S/C24H25NO2/c26-24(21-13-11-19(12-14-21)18-7-3-1-4-8-18)27-23-17-25-16-15-22(23)20-9-5-2-6-10-20/h2-3,5-14,22-23,25H,1,4,15-17H2/t22-,23+/m0/s1. The van der Waals surface area contributed by atoms with Crippen LogP contribution in [0.2, 0.25) is 0 Å². The van der Waals surface area contributed by atoms with E-state index in [0.29, 0.717) is 12.1 Å². The minimum Gasteiger partial charge on any atom is -0.457 e. The van der Waals surface area contributed by atoms with E-state index < -0.39 is 0 Å². The van der Waals surface area contributed by atoms with Crippen LogP contribution in [-0.4, -0.2) is 25.2 Å². The van der Waals surface area contributed by atoms with Crippen molar-refractivity contribution in [2.45, 2.75) is 31.3 Å². The SMILES string of the molecule is O=C(O[C@@H]1CNCC[C@H]1c1ccccc1)c1ccc(C2=CCCC=C2)cc1. The number of carbonyl (C=O) groups is 1. The summed E-state index contributed by atoms with van der Waals surface area (Å²) >= 11 is 0. The minimum atomic E-state index is -0.246. The summed E-state index contributed by atoms with van der Waals surface area (Å²) in [5, 5.41) is 3.35. The van der Waals surface area contributed by atoms with E-state index >= 15 is 0 Å². The van der Waals surface area contributed by atoms with Gasteiger partial charge in [0.1, 0.15) is 6.10 Å². The first kappa shape index (κ1) is 17.7. The Morgan fingerprint density at radius 2 is 1.81 bits per heavy atom. The van der Waals surface area contributed by atoms with Crippen LogP contribution in [-0.2, 0) is 4.74 Å². The molecule has 2 aromatic carbocycles. The van der Waals surface area contributed by atoms with Gasteiger partial charge in [0.15, 0.2) is 0 Å². The highest BCUT2D eigenvalue weighted by atomic mass is 16.5. The van der Waals surface area contributed by atoms with Crippen LogP contribution in [0.3, 0.4) is 0 Å². The average molecular weight is 359 g/mol. The molecular weight excluding hydrogens is 334 g/mol. The monoisotopic (exact) mass is 359 g/mol. The third-order valence-electron chi connectivity index (χ3n) is 5.36. The van der Waals surface area contributed by atoms with Crippen LogP contribution in [0.5, 0.6) is 0 Å². The molecule has 0 radical (unpaired) electrons. The van der Waals surface area contributed by atoms with E-state index in [0.717, 1.165) is 31.4 Å². The zero-order chi connectivity index (χ0) is 18.5. The van der Waals surface area contributed by atoms with Gasteiger partial charge in [0.25, 0.3) is 0 Å². The number of benzene rings is 2. The lowest BCUT2D eigenvalue weighted by Crippen LogP contribution is -2.42. The van der Waals surface area contributed by atoms with Crippen molar-refractivity contribution in [3.63, 3.8) is 0 Å². The van der Waals surface area contributed by atoms with E-state index in [9.17, 15) is 4.79 Å². The molecule has 1 N–H and O–H groups in total. The van der Waals surface area contributed by atoms with Gasteiger partial charge < -0.3 is 10.1 Å². The number of ether oxygens (including phenoxy) is 1. The van der Waals surface area contributed by atoms with Crippen molar-refractivity contribution in [1.29, 1.82) is 0 Å². The number of carbonyl (C=O) groups excluding carboxylic acids is 1. The molecule has 0 spiro atoms. The van der Waals surface area contributed by atoms with E-state index in [2.05, 4.69) is 35.7 Å². The molecule has 0 amide bonds. The molecule has 138 valence electrons. The summed E-state index contributed by atoms with van der Waals surface area (Å²) in [4.78, 5) is 12.7. The lowest BCUT2D eigenvalue weighted by Gasteiger charge is -2.32. The third kappa shape index (κ3) is 4.20. The highest BCUT2D eigenvalue weighted by molar-refractivity contribution is 5.90. The number of nitrogens with one attached hydrogen (secondary N) is 1. The number of allylic oxidation sites excluding steroid dienone is 4. The predicted molar refractivity (Wildman–Crippen MR) is 109 cm³/mol. The van der Waals surface area contributed by atoms with Gasteiger partial charge in [0.2, 0.25) is 0 Å². The van der Waals surface area contributed by atoms with Crippen molar-refractivity contribution < 1.29 is 9.53 Å². The van der Waals surface area contributed by atoms with Crippen LogP contribution in [0.15, 0.2) is 72.8 Å². The Hall–Kier alpha value is -2.65. The van der Waals surface area contributed by atoms with Gasteiger partial charge in [-0.1, -0.05) is 60.7 Å². The zero-order valence-electron chi connectivity index (χ0n) is 15.4. The third-order valence-corrected chi connectivity index (χ3v) is 5.36. The fourth-order valence-electron chi connectivity index (χ4n) is 3.87. The summed E-state index contributed by atoms with van der Waals surface area (Å²) in [6, 6.07) is 18.1. The number of piperidine rings is 1. The van der Waals surface area contributed by atoms with E-state index in [-0.39, 0.29) is 18.0 Å². The second-order valence-corrected chi connectivity index (χ2v) is 7.17. The molecule has 1 aliphatic heterocycles. The number of esters is 1. The lowest BCUT2D eigenvalue weighted by atomic mass is 9.88. The Kier molecular flexibility index (Phi) is 5.50. The summed E-state index contributed by atoms with van der Waals surface area (Å²) < 4.78 is 5.90. The van der Waals surface area contributed by atoms with Crippen LogP contribution < -0.4 is 5.32 Å². The normalized spacial score (nSPS) is 22.1. The Morgan fingerprint density at radius 1 is 1.00 bits per heavy atom. The largest absolute Gasteiger partial charge is 0.457 e. The molecule has 1 saturated heterocycles. The van der Waals surface area contributed by atoms with Gasteiger partial charge in [-0.05, 0) is 54.6 Å². The van der Waals surface area contributed by atoms with Gasteiger partial charge in [-0.3, -0.25) is 0 Å². The number of hydrogen-bond acceptors (Lipinski definition) is 3. The van der Waals surface area contributed by atoms with Crippen LogP contribution >= 0.6 is 0 Å². The number of hydrogen-bond donors (Lipinski definition) is 1. The van der Waals surface area contributed by atoms with Gasteiger partial charge in [-0.2, -0.15) is 0 Å². The molecule has 0 saturated carbocycles. The second-order valence-electron chi connectivity index (χ2n) is 7.17. The van der Waals surface area contributed by atoms with Crippen LogP contribution in [0.4, 0.5) is 0 Å². The maximum absolute atomic E-state index is 12.7. The second kappa shape index (κ2) is 8.36. The zero-order valence-corrected chi connectivity index (χ0v) is 15.4. The molecule has 1 aliphatic carbocycles. The molecule has 27 heavy (non-hydrogen) atoms. The van der Waals surface area contributed by atoms with Gasteiger partial charge in [-0.15, -0.1) is 0 Å².